The number of hydrogen-bond donors (Lipinski definition) is 0. The molecule has 0 atom stereocenters. The van der Waals surface area contributed by atoms with Gasteiger partial charge in [0.2, 0.25) is 0 Å². The van der Waals surface area contributed by atoms with E-state index in [1.54, 1.807) is 0 Å². The fraction of sp³-hybridized carbons (Fsp3) is 0. The quantitative estimate of drug-likeness (QED) is 0.368. The molecule has 0 aliphatic carbocycles. The maximum Gasteiger partial charge on any atom is 3.00 e. The first-order chi connectivity index (χ1) is 0. The molecular weight excluding hydrogens is 246 g/mol. The molecule has 10 heteroatoms. The summed E-state index contributed by atoms with van der Waals surface area (Å²) in [5.74, 6) is 0. The number of halogens is 3. The summed E-state index contributed by atoms with van der Waals surface area (Å²) in [5.41, 5.74) is 0. The molecule has 0 fully saturated rings. The van der Waals surface area contributed by atoms with Crippen molar-refractivity contribution < 1.29 is 54.3 Å². The zero-order chi connectivity index (χ0) is 0. The summed E-state index contributed by atoms with van der Waals surface area (Å²) >= 11 is 0. The van der Waals surface area contributed by atoms with E-state index in [1.807, 2.05) is 0 Å². The molecule has 0 heterocycles. The minimum absolute atomic E-state index is 0. The monoisotopic (exact) mass is 245 g/mol. The predicted molar refractivity (Wildman–Crippen MR) is 12.8 cm³/mol. The Kier molecular flexibility index (Phi) is 55900. The van der Waals surface area contributed by atoms with Crippen LogP contribution < -0.4 is 74.1 Å². The van der Waals surface area contributed by atoms with E-state index in [2.05, 4.69) is 0 Å². The minimum Gasteiger partial charge on any atom is -1.00 e. The second-order valence-electron chi connectivity index (χ2n) is 0. The Morgan fingerprint density at radius 3 is 0.300 bits per heavy atom. The van der Waals surface area contributed by atoms with E-state index in [9.17, 15) is 0 Å². The summed E-state index contributed by atoms with van der Waals surface area (Å²) in [6.07, 6.45) is 0. The van der Waals surface area contributed by atoms with Gasteiger partial charge in [0.05, 0.1) is 0 Å². The molecule has 0 amide bonds. The van der Waals surface area contributed by atoms with Crippen molar-refractivity contribution in [2.45, 2.75) is 0 Å². The Morgan fingerprint density at radius 1 is 0.300 bits per heavy atom. The van der Waals surface area contributed by atoms with Gasteiger partial charge in [-0.05, 0) is 0 Å². The summed E-state index contributed by atoms with van der Waals surface area (Å²) in [4.78, 5) is 0. The summed E-state index contributed by atoms with van der Waals surface area (Å²) in [5, 5.41) is 0. The van der Waals surface area contributed by atoms with Gasteiger partial charge in [-0.15, -0.1) is 0 Å². The van der Waals surface area contributed by atoms with Gasteiger partial charge in [-0.2, -0.15) is 0 Å². The molecule has 0 bridgehead atoms. The third-order valence-corrected chi connectivity index (χ3v) is 0. The van der Waals surface area contributed by atoms with Gasteiger partial charge in [-0.25, -0.2) is 0 Å². The average Bonchev–Trinajstić information content (AvgIpc) is 0. The molecule has 19 radical (unpaired) electrons. The van der Waals surface area contributed by atoms with Gasteiger partial charge in [-0.1, -0.05) is 0 Å². The van der Waals surface area contributed by atoms with Crippen molar-refractivity contribution in [2.75, 3.05) is 0 Å². The number of nitrogens with zero attached hydrogens (tertiary/aromatic N) is 6. The Labute approximate surface area is 91.2 Å². The first-order valence-electron chi connectivity index (χ1n) is 0. The Morgan fingerprint density at radius 2 is 0.300 bits per heavy atom. The molecule has 0 aliphatic heterocycles. The van der Waals surface area contributed by atoms with Crippen LogP contribution in [0.2, 0.25) is 0 Å². The molecule has 0 N–H and O–H groups in total. The summed E-state index contributed by atoms with van der Waals surface area (Å²) in [7, 11) is 0. The molecule has 6 nitrogen and oxygen atoms in total. The van der Waals surface area contributed by atoms with Gasteiger partial charge in [0.15, 0.2) is 0 Å². The van der Waals surface area contributed by atoms with Crippen molar-refractivity contribution in [3.8, 4) is 0 Å². The van der Waals surface area contributed by atoms with Gasteiger partial charge in [-0.3, -0.25) is 0 Å². The van der Waals surface area contributed by atoms with E-state index < -0.39 is 0 Å². The van der Waals surface area contributed by atoms with Crippen molar-refractivity contribution >= 4 is 0 Å². The molecule has 0 unspecified atom stereocenters. The van der Waals surface area contributed by atoms with Crippen LogP contribution >= 0.6 is 0 Å². The first kappa shape index (κ1) is 869. The van der Waals surface area contributed by atoms with Gasteiger partial charge in [0, 0.05) is 36.9 Å². The van der Waals surface area contributed by atoms with Gasteiger partial charge < -0.3 is 37.2 Å². The normalized spacial score (nSPS) is 0. The van der Waals surface area contributed by atoms with E-state index in [-0.39, 0.29) is 91.2 Å². The van der Waals surface area contributed by atoms with Crippen molar-refractivity contribution in [3.63, 3.8) is 0 Å². The van der Waals surface area contributed by atoms with E-state index in [0.29, 0.717) is 0 Å². The molecule has 0 saturated carbocycles. The van der Waals surface area contributed by atoms with Gasteiger partial charge >= 0.3 is 17.1 Å². The summed E-state index contributed by atoms with van der Waals surface area (Å²) in [6.45, 7) is 0. The third-order valence-electron chi connectivity index (χ3n) is 0. The van der Waals surface area contributed by atoms with Crippen LogP contribution in [0.5, 0.6) is 0 Å². The van der Waals surface area contributed by atoms with E-state index >= 15 is 0 Å². The molecule has 0 spiro atoms. The zero-order valence-corrected chi connectivity index (χ0v) is 7.54. The van der Waals surface area contributed by atoms with Crippen LogP contribution in [0.3, 0.4) is 0 Å². The maximum absolute atomic E-state index is 0. The van der Waals surface area contributed by atoms with E-state index in [0.717, 1.165) is 0 Å². The van der Waals surface area contributed by atoms with Gasteiger partial charge in [0.25, 0.3) is 0 Å². The van der Waals surface area contributed by atoms with Crippen molar-refractivity contribution in [2.24, 2.45) is 0 Å². The van der Waals surface area contributed by atoms with Crippen LogP contribution in [0.15, 0.2) is 0 Å². The Balaban J connectivity index is 0. The van der Waals surface area contributed by atoms with Crippen LogP contribution in [0.4, 0.5) is 0 Å². The third kappa shape index (κ3) is 460. The minimum atomic E-state index is 0. The second-order valence-corrected chi connectivity index (χ2v) is 0. The van der Waals surface area contributed by atoms with Crippen LogP contribution in [-0.4, -0.2) is 0 Å². The van der Waals surface area contributed by atoms with Crippen LogP contribution in [0.25, 0.3) is 0 Å². The Hall–Kier alpha value is 1.15. The standard InChI is InChI=1S/3ClH.Fe.6N/h3*1H;;;;;;;/q;;;+3;;;;;;/p-3. The summed E-state index contributed by atoms with van der Waals surface area (Å²) < 4.78 is 0. The molecule has 0 aromatic rings. The zero-order valence-electron chi connectivity index (χ0n) is 4.17. The molecule has 0 rings (SSSR count). The molecule has 0 aromatic carbocycles. The van der Waals surface area contributed by atoms with E-state index in [4.69, 9.17) is 0 Å². The fourth-order valence-corrected chi connectivity index (χ4v) is 0. The first-order valence-corrected chi connectivity index (χ1v) is 0. The smallest absolute Gasteiger partial charge is 1.00 e. The molecule has 10 heavy (non-hydrogen) atoms. The largest absolute Gasteiger partial charge is 3.00 e. The summed E-state index contributed by atoms with van der Waals surface area (Å²) in [6, 6.07) is 0. The van der Waals surface area contributed by atoms with Crippen molar-refractivity contribution in [3.05, 3.63) is 0 Å². The molecule has 0 aromatic heterocycles. The second kappa shape index (κ2) is 643. The Bertz CT molecular complexity index is 13.0. The predicted octanol–water partition coefficient (Wildman–Crippen LogP) is -11.9. The fourth-order valence-electron chi connectivity index (χ4n) is 0. The van der Waals surface area contributed by atoms with E-state index in [1.165, 1.54) is 0 Å². The van der Waals surface area contributed by atoms with Crippen molar-refractivity contribution in [1.82, 2.24) is 36.9 Å². The topological polar surface area (TPSA) is 183 Å². The number of hydrogen-bond acceptors (Lipinski definition) is 0. The molecule has 0 saturated heterocycles. The van der Waals surface area contributed by atoms with Crippen molar-refractivity contribution in [1.29, 1.82) is 0 Å². The SMILES string of the molecule is [Cl-].[Cl-].[Cl-].[Fe+3].[N].[N].[N].[N].[N].[N]. The van der Waals surface area contributed by atoms with Crippen LogP contribution in [0.1, 0.15) is 0 Å². The van der Waals surface area contributed by atoms with Crippen LogP contribution in [-0.2, 0) is 17.1 Å². The maximum atomic E-state index is 0. The number of rotatable bonds is 0. The average molecular weight is 246 g/mol. The molecule has 59 valence electrons. The molecule has 0 aliphatic rings. The van der Waals surface area contributed by atoms with Crippen LogP contribution in [0, 0.1) is 0 Å². The van der Waals surface area contributed by atoms with Gasteiger partial charge in [0.1, 0.15) is 0 Å². The molecular formula is Cl3FeN6.